The largest absolute Gasteiger partial charge is 0.457 e. The lowest BCUT2D eigenvalue weighted by Crippen LogP contribution is -2.06. The van der Waals surface area contributed by atoms with Crippen LogP contribution >= 0.6 is 0 Å². The molecule has 0 heterocycles. The molecule has 0 aliphatic heterocycles. The Bertz CT molecular complexity index is 1560. The third kappa shape index (κ3) is 5.20. The first-order valence-corrected chi connectivity index (χ1v) is 12.6. The fraction of sp³-hybridized carbons (Fsp3) is 0. The van der Waals surface area contributed by atoms with Crippen molar-refractivity contribution < 1.29 is 14.3 Å². The van der Waals surface area contributed by atoms with E-state index in [-0.39, 0.29) is 11.6 Å². The number of nitrogens with one attached hydrogen (secondary N) is 2. The summed E-state index contributed by atoms with van der Waals surface area (Å²) in [7, 11) is 0. The Balaban J connectivity index is 1.09. The molecule has 0 spiro atoms. The Morgan fingerprint density at radius 2 is 0.897 bits per heavy atom. The molecule has 0 radical (unpaired) electrons. The second-order valence-corrected chi connectivity index (χ2v) is 9.13. The van der Waals surface area contributed by atoms with E-state index in [9.17, 15) is 9.59 Å². The van der Waals surface area contributed by atoms with Crippen LogP contribution in [0.25, 0.3) is 23.3 Å². The summed E-state index contributed by atoms with van der Waals surface area (Å²) >= 11 is 0. The van der Waals surface area contributed by atoms with Crippen molar-refractivity contribution in [2.24, 2.45) is 0 Å². The smallest absolute Gasteiger partial charge is 0.187 e. The van der Waals surface area contributed by atoms with Crippen LogP contribution < -0.4 is 15.4 Å². The zero-order valence-electron chi connectivity index (χ0n) is 20.9. The molecule has 0 saturated heterocycles. The number of carbonyl (C=O) groups is 2. The van der Waals surface area contributed by atoms with Crippen LogP contribution in [0.4, 0.5) is 11.4 Å². The summed E-state index contributed by atoms with van der Waals surface area (Å²) in [6, 6.07) is 30.7. The van der Waals surface area contributed by atoms with Crippen LogP contribution in [0.3, 0.4) is 0 Å². The van der Waals surface area contributed by atoms with E-state index in [1.807, 2.05) is 109 Å². The van der Waals surface area contributed by atoms with Gasteiger partial charge in [0.15, 0.2) is 11.6 Å². The van der Waals surface area contributed by atoms with Crippen LogP contribution in [0.5, 0.6) is 11.5 Å². The number of carbonyl (C=O) groups excluding carboxylic acids is 2. The lowest BCUT2D eigenvalue weighted by molar-refractivity contribution is -0.110. The number of ketones is 2. The molecule has 0 bridgehead atoms. The molecule has 2 aliphatic rings. The van der Waals surface area contributed by atoms with Crippen molar-refractivity contribution in [3.63, 3.8) is 0 Å². The average Bonchev–Trinajstić information content (AvgIpc) is 2.98. The zero-order chi connectivity index (χ0) is 26.6. The summed E-state index contributed by atoms with van der Waals surface area (Å²) in [5.41, 5.74) is 6.83. The van der Waals surface area contributed by atoms with Gasteiger partial charge in [-0.3, -0.25) is 9.59 Å². The van der Waals surface area contributed by atoms with E-state index in [4.69, 9.17) is 4.74 Å². The molecule has 5 nitrogen and oxygen atoms in total. The Morgan fingerprint density at radius 1 is 0.487 bits per heavy atom. The molecule has 5 heteroatoms. The van der Waals surface area contributed by atoms with Crippen LogP contribution in [0.2, 0.25) is 0 Å². The highest BCUT2D eigenvalue weighted by molar-refractivity contribution is 6.30. The molecule has 2 aliphatic carbocycles. The Labute approximate surface area is 226 Å². The lowest BCUT2D eigenvalue weighted by atomic mass is 9.92. The van der Waals surface area contributed by atoms with Crippen molar-refractivity contribution in [1.82, 2.24) is 0 Å². The number of hydrogen-bond donors (Lipinski definition) is 2. The number of ether oxygens (including phenoxy) is 1. The van der Waals surface area contributed by atoms with E-state index in [0.717, 1.165) is 33.6 Å². The standard InChI is InChI=1S/C34H24N2O3/c37-33-19-9-23-5-1-3-7-29(23)31(33)21-35-25-11-15-27(16-12-25)39-28-17-13-26(14-18-28)36-22-32-30-8-4-2-6-24(30)10-20-34(32)38/h1-22,35-36H/b31-21-,32-22+. The molecule has 4 aromatic carbocycles. The number of rotatable bonds is 6. The van der Waals surface area contributed by atoms with Gasteiger partial charge in [0.05, 0.1) is 0 Å². The Kier molecular flexibility index (Phi) is 6.46. The minimum absolute atomic E-state index is 0.0257. The fourth-order valence-corrected chi connectivity index (χ4v) is 4.53. The number of anilines is 2. The molecule has 0 amide bonds. The third-order valence-corrected chi connectivity index (χ3v) is 6.57. The highest BCUT2D eigenvalue weighted by atomic mass is 16.5. The van der Waals surface area contributed by atoms with E-state index in [0.29, 0.717) is 22.6 Å². The molecule has 2 N–H and O–H groups in total. The molecule has 188 valence electrons. The highest BCUT2D eigenvalue weighted by Crippen LogP contribution is 2.29. The molecular formula is C34H24N2O3. The van der Waals surface area contributed by atoms with Crippen molar-refractivity contribution in [2.45, 2.75) is 0 Å². The summed E-state index contributed by atoms with van der Waals surface area (Å²) in [6.45, 7) is 0. The third-order valence-electron chi connectivity index (χ3n) is 6.57. The van der Waals surface area contributed by atoms with Crippen molar-refractivity contribution in [3.05, 3.63) is 144 Å². The van der Waals surface area contributed by atoms with Crippen LogP contribution in [0.15, 0.2) is 122 Å². The van der Waals surface area contributed by atoms with Crippen LogP contribution in [0.1, 0.15) is 22.3 Å². The first-order valence-electron chi connectivity index (χ1n) is 12.6. The van der Waals surface area contributed by atoms with Gasteiger partial charge in [-0.1, -0.05) is 60.7 Å². The lowest BCUT2D eigenvalue weighted by Gasteiger charge is -2.14. The maximum atomic E-state index is 12.4. The molecule has 0 fully saturated rings. The van der Waals surface area contributed by atoms with Crippen molar-refractivity contribution >= 4 is 46.2 Å². The predicted octanol–water partition coefficient (Wildman–Crippen LogP) is 7.58. The topological polar surface area (TPSA) is 67.4 Å². The summed E-state index contributed by atoms with van der Waals surface area (Å²) in [6.07, 6.45) is 10.4. The van der Waals surface area contributed by atoms with Gasteiger partial charge < -0.3 is 15.4 Å². The van der Waals surface area contributed by atoms with Crippen molar-refractivity contribution in [2.75, 3.05) is 10.6 Å². The minimum Gasteiger partial charge on any atom is -0.457 e. The molecule has 6 rings (SSSR count). The van der Waals surface area contributed by atoms with E-state index < -0.39 is 0 Å². The van der Waals surface area contributed by atoms with Gasteiger partial charge in [-0.05, 0) is 82.9 Å². The average molecular weight is 509 g/mol. The summed E-state index contributed by atoms with van der Waals surface area (Å²) in [5.74, 6) is 1.33. The maximum absolute atomic E-state index is 12.4. The highest BCUT2D eigenvalue weighted by Gasteiger charge is 2.17. The Morgan fingerprint density at radius 3 is 1.33 bits per heavy atom. The van der Waals surface area contributed by atoms with Crippen LogP contribution in [-0.4, -0.2) is 11.6 Å². The van der Waals surface area contributed by atoms with Gasteiger partial charge in [-0.15, -0.1) is 0 Å². The summed E-state index contributed by atoms with van der Waals surface area (Å²) < 4.78 is 5.99. The fourth-order valence-electron chi connectivity index (χ4n) is 4.53. The quantitative estimate of drug-likeness (QED) is 0.263. The first kappa shape index (κ1) is 23.9. The monoisotopic (exact) mass is 508 g/mol. The van der Waals surface area contributed by atoms with Gasteiger partial charge in [0.2, 0.25) is 0 Å². The summed E-state index contributed by atoms with van der Waals surface area (Å²) in [4.78, 5) is 24.8. The molecule has 4 aromatic rings. The molecule has 0 aromatic heterocycles. The predicted molar refractivity (Wildman–Crippen MR) is 157 cm³/mol. The summed E-state index contributed by atoms with van der Waals surface area (Å²) in [5, 5.41) is 6.44. The van der Waals surface area contributed by atoms with Crippen LogP contribution in [0, 0.1) is 0 Å². The second kappa shape index (κ2) is 10.5. The Hall–Kier alpha value is -5.42. The maximum Gasteiger partial charge on any atom is 0.187 e. The molecular weight excluding hydrogens is 484 g/mol. The molecule has 0 saturated carbocycles. The second-order valence-electron chi connectivity index (χ2n) is 9.13. The van der Waals surface area contributed by atoms with Crippen molar-refractivity contribution in [3.8, 4) is 11.5 Å². The van der Waals surface area contributed by atoms with Crippen molar-refractivity contribution in [1.29, 1.82) is 0 Å². The number of fused-ring (bicyclic) bond motifs is 2. The first-order chi connectivity index (χ1) is 19.1. The van der Waals surface area contributed by atoms with E-state index >= 15 is 0 Å². The number of allylic oxidation sites excluding steroid dienone is 4. The van der Waals surface area contributed by atoms with Gasteiger partial charge >= 0.3 is 0 Å². The van der Waals surface area contributed by atoms with Gasteiger partial charge in [0, 0.05) is 34.9 Å². The SMILES string of the molecule is O=C1C=Cc2ccccc2/C1=C/Nc1ccc(Oc2ccc(N/C=C3/C(=O)C=Cc4ccccc43)cc2)cc1. The number of hydrogen-bond acceptors (Lipinski definition) is 5. The van der Waals surface area contributed by atoms with Gasteiger partial charge in [-0.25, -0.2) is 0 Å². The van der Waals surface area contributed by atoms with E-state index in [1.54, 1.807) is 24.6 Å². The molecule has 0 unspecified atom stereocenters. The van der Waals surface area contributed by atoms with E-state index in [1.165, 1.54) is 0 Å². The van der Waals surface area contributed by atoms with Crippen LogP contribution in [-0.2, 0) is 9.59 Å². The normalized spacial score (nSPS) is 15.7. The van der Waals surface area contributed by atoms with Gasteiger partial charge in [0.1, 0.15) is 11.5 Å². The van der Waals surface area contributed by atoms with E-state index in [2.05, 4.69) is 10.6 Å². The minimum atomic E-state index is -0.0257. The number of benzene rings is 4. The zero-order valence-corrected chi connectivity index (χ0v) is 20.9. The van der Waals surface area contributed by atoms with Gasteiger partial charge in [0.25, 0.3) is 0 Å². The molecule has 39 heavy (non-hydrogen) atoms. The van der Waals surface area contributed by atoms with Gasteiger partial charge in [-0.2, -0.15) is 0 Å². The molecule has 0 atom stereocenters.